The van der Waals surface area contributed by atoms with Crippen LogP contribution in [0, 0.1) is 0 Å². The number of rotatable bonds is 35. The zero-order valence-corrected chi connectivity index (χ0v) is 34.4. The van der Waals surface area contributed by atoms with Crippen LogP contribution in [0.2, 0.25) is 0 Å². The lowest BCUT2D eigenvalue weighted by atomic mass is 9.99. The monoisotopic (exact) mass is 779 g/mol. The molecule has 10 nitrogen and oxygen atoms in total. The van der Waals surface area contributed by atoms with E-state index in [-0.39, 0.29) is 26.1 Å². The van der Waals surface area contributed by atoms with Crippen molar-refractivity contribution in [1.82, 2.24) is 0 Å². The molecule has 0 amide bonds. The summed E-state index contributed by atoms with van der Waals surface area (Å²) in [5.41, 5.74) is 0. The maximum atomic E-state index is 12.7. The fraction of sp³-hybridized carbons (Fsp3) is 0.778. The summed E-state index contributed by atoms with van der Waals surface area (Å²) in [6.45, 7) is 3.33. The van der Waals surface area contributed by atoms with Crippen LogP contribution in [0.4, 0.5) is 0 Å². The summed E-state index contributed by atoms with van der Waals surface area (Å²) in [6.07, 6.45) is 34.3. The number of hydrogen-bond donors (Lipinski definition) is 4. The van der Waals surface area contributed by atoms with Gasteiger partial charge < -0.3 is 39.4 Å². The molecule has 4 N–H and O–H groups in total. The first kappa shape index (κ1) is 50.7. The third-order valence-electron chi connectivity index (χ3n) is 9.72. The lowest BCUT2D eigenvalue weighted by Gasteiger charge is -2.39. The molecule has 0 bridgehead atoms. The second-order valence-electron chi connectivity index (χ2n) is 14.8. The number of aliphatic hydroxyl groups is 4. The first-order chi connectivity index (χ1) is 26.8. The van der Waals surface area contributed by atoms with E-state index in [9.17, 15) is 30.0 Å². The van der Waals surface area contributed by atoms with Gasteiger partial charge in [0, 0.05) is 12.8 Å². The molecule has 0 aliphatic carbocycles. The van der Waals surface area contributed by atoms with Crippen LogP contribution < -0.4 is 0 Å². The zero-order chi connectivity index (χ0) is 40.2. The van der Waals surface area contributed by atoms with Crippen molar-refractivity contribution in [3.05, 3.63) is 48.6 Å². The number of carbonyl (C=O) groups is 2. The van der Waals surface area contributed by atoms with E-state index < -0.39 is 55.4 Å². The number of carbonyl (C=O) groups excluding carboxylic acids is 2. The van der Waals surface area contributed by atoms with Crippen LogP contribution in [0.3, 0.4) is 0 Å². The largest absolute Gasteiger partial charge is 0.462 e. The third-order valence-corrected chi connectivity index (χ3v) is 9.72. The highest BCUT2D eigenvalue weighted by Gasteiger charge is 2.44. The van der Waals surface area contributed by atoms with E-state index in [1.807, 2.05) is 0 Å². The number of allylic oxidation sites excluding steroid dienone is 8. The molecule has 1 heterocycles. The van der Waals surface area contributed by atoms with Crippen LogP contribution in [0.25, 0.3) is 0 Å². The predicted molar refractivity (Wildman–Crippen MR) is 219 cm³/mol. The Hall–Kier alpha value is -2.34. The van der Waals surface area contributed by atoms with Gasteiger partial charge in [0.25, 0.3) is 0 Å². The molecule has 0 radical (unpaired) electrons. The van der Waals surface area contributed by atoms with Crippen LogP contribution in [0.1, 0.15) is 168 Å². The maximum Gasteiger partial charge on any atom is 0.306 e. The predicted octanol–water partition coefficient (Wildman–Crippen LogP) is 8.88. The fourth-order valence-electron chi connectivity index (χ4n) is 6.24. The zero-order valence-electron chi connectivity index (χ0n) is 34.4. The summed E-state index contributed by atoms with van der Waals surface area (Å²) in [5, 5.41) is 39.9. The van der Waals surface area contributed by atoms with Gasteiger partial charge in [0.05, 0.1) is 13.2 Å². The molecule has 0 aromatic carbocycles. The molecular formula is C45H78O10. The van der Waals surface area contributed by atoms with Crippen molar-refractivity contribution in [2.75, 3.05) is 19.8 Å². The third kappa shape index (κ3) is 27.8. The molecule has 0 aromatic rings. The van der Waals surface area contributed by atoms with Gasteiger partial charge in [0.15, 0.2) is 12.4 Å². The van der Waals surface area contributed by atoms with Crippen molar-refractivity contribution in [2.24, 2.45) is 0 Å². The second-order valence-corrected chi connectivity index (χ2v) is 14.8. The Balaban J connectivity index is 2.34. The average molecular weight is 779 g/mol. The van der Waals surface area contributed by atoms with Crippen LogP contribution in [0.15, 0.2) is 48.6 Å². The molecule has 0 spiro atoms. The van der Waals surface area contributed by atoms with Crippen LogP contribution >= 0.6 is 0 Å². The standard InChI is InChI=1S/C45H78O10/c1-3-5-7-9-11-13-14-15-16-17-18-19-20-21-22-23-24-26-27-29-31-33-40(47)52-36-38(37-53-45-44(51)43(50)42(49)39(35-46)55-45)54-41(48)34-32-30-28-25-12-10-8-6-4-2/h16-17,19-20,22-23,26-27,38-39,42-46,49-51H,3-15,18,21,24-25,28-37H2,1-2H3/b17-16+,20-19+,23-22+,27-26+/t38-,39-,42+,43?,44?,45-/m0/s1. The van der Waals surface area contributed by atoms with Crippen molar-refractivity contribution in [3.63, 3.8) is 0 Å². The van der Waals surface area contributed by atoms with Crippen molar-refractivity contribution in [3.8, 4) is 0 Å². The van der Waals surface area contributed by atoms with Gasteiger partial charge in [-0.15, -0.1) is 0 Å². The smallest absolute Gasteiger partial charge is 0.306 e. The minimum atomic E-state index is -1.60. The van der Waals surface area contributed by atoms with Crippen molar-refractivity contribution in [2.45, 2.75) is 205 Å². The van der Waals surface area contributed by atoms with Gasteiger partial charge in [-0.1, -0.05) is 152 Å². The Morgan fingerprint density at radius 3 is 1.58 bits per heavy atom. The van der Waals surface area contributed by atoms with Crippen LogP contribution in [0.5, 0.6) is 0 Å². The van der Waals surface area contributed by atoms with Gasteiger partial charge >= 0.3 is 11.9 Å². The molecule has 0 aromatic heterocycles. The van der Waals surface area contributed by atoms with Gasteiger partial charge in [0.1, 0.15) is 31.0 Å². The summed E-state index contributed by atoms with van der Waals surface area (Å²) >= 11 is 0. The van der Waals surface area contributed by atoms with Gasteiger partial charge in [0.2, 0.25) is 0 Å². The van der Waals surface area contributed by atoms with E-state index in [1.165, 1.54) is 83.5 Å². The lowest BCUT2D eigenvalue weighted by Crippen LogP contribution is -2.59. The fourth-order valence-corrected chi connectivity index (χ4v) is 6.24. The number of esters is 2. The van der Waals surface area contributed by atoms with Crippen molar-refractivity contribution < 1.29 is 49.0 Å². The average Bonchev–Trinajstić information content (AvgIpc) is 3.18. The molecule has 1 aliphatic rings. The Labute approximate surface area is 333 Å². The Bertz CT molecular complexity index is 1040. The molecule has 1 rings (SSSR count). The molecule has 6 atom stereocenters. The van der Waals surface area contributed by atoms with Crippen molar-refractivity contribution >= 4 is 11.9 Å². The number of aliphatic hydroxyl groups excluding tert-OH is 4. The van der Waals surface area contributed by atoms with Crippen molar-refractivity contribution in [1.29, 1.82) is 0 Å². The summed E-state index contributed by atoms with van der Waals surface area (Å²) < 4.78 is 22.0. The Kier molecular flexibility index (Phi) is 33.2. The summed E-state index contributed by atoms with van der Waals surface area (Å²) in [4.78, 5) is 25.2. The number of hydrogen-bond acceptors (Lipinski definition) is 10. The highest BCUT2D eigenvalue weighted by atomic mass is 16.7. The maximum absolute atomic E-state index is 12.7. The molecule has 318 valence electrons. The van der Waals surface area contributed by atoms with Crippen LogP contribution in [-0.4, -0.2) is 89.0 Å². The molecule has 0 saturated carbocycles. The highest BCUT2D eigenvalue weighted by Crippen LogP contribution is 2.22. The van der Waals surface area contributed by atoms with E-state index in [2.05, 4.69) is 62.5 Å². The SMILES string of the molecule is CCCCCCCCC/C=C/C/C=C/C/C=C/C/C=C/CCCC(=O)OC[C@@H](CO[C@H]1O[C@@H](CO)[C@@H](O)C(O)C1O)OC(=O)CCCCCCCCCCC. The minimum Gasteiger partial charge on any atom is -0.462 e. The van der Waals surface area contributed by atoms with Gasteiger partial charge in [-0.3, -0.25) is 9.59 Å². The second kappa shape index (κ2) is 36.0. The van der Waals surface area contributed by atoms with E-state index in [0.717, 1.165) is 44.9 Å². The first-order valence-electron chi connectivity index (χ1n) is 21.7. The van der Waals surface area contributed by atoms with Crippen LogP contribution in [-0.2, 0) is 28.5 Å². The number of unbranched alkanes of at least 4 members (excludes halogenated alkanes) is 16. The van der Waals surface area contributed by atoms with E-state index in [1.54, 1.807) is 0 Å². The van der Waals surface area contributed by atoms with Gasteiger partial charge in [-0.2, -0.15) is 0 Å². The quantitative estimate of drug-likeness (QED) is 0.0279. The highest BCUT2D eigenvalue weighted by molar-refractivity contribution is 5.70. The summed E-state index contributed by atoms with van der Waals surface area (Å²) in [7, 11) is 0. The van der Waals surface area contributed by atoms with E-state index >= 15 is 0 Å². The van der Waals surface area contributed by atoms with Gasteiger partial charge in [-0.25, -0.2) is 0 Å². The molecule has 1 fully saturated rings. The van der Waals surface area contributed by atoms with Gasteiger partial charge in [-0.05, 0) is 51.4 Å². The molecular weight excluding hydrogens is 700 g/mol. The first-order valence-corrected chi connectivity index (χ1v) is 21.7. The lowest BCUT2D eigenvalue weighted by molar-refractivity contribution is -0.305. The Morgan fingerprint density at radius 1 is 0.564 bits per heavy atom. The van der Waals surface area contributed by atoms with E-state index in [0.29, 0.717) is 12.8 Å². The van der Waals surface area contributed by atoms with E-state index in [4.69, 9.17) is 18.9 Å². The Morgan fingerprint density at radius 2 is 1.04 bits per heavy atom. The molecule has 10 heteroatoms. The molecule has 55 heavy (non-hydrogen) atoms. The normalized spacial score (nSPS) is 21.0. The summed E-state index contributed by atoms with van der Waals surface area (Å²) in [5.74, 6) is -0.876. The number of ether oxygens (including phenoxy) is 4. The minimum absolute atomic E-state index is 0.200. The topological polar surface area (TPSA) is 152 Å². The summed E-state index contributed by atoms with van der Waals surface area (Å²) in [6, 6.07) is 0. The molecule has 1 aliphatic heterocycles. The molecule has 2 unspecified atom stereocenters. The molecule has 1 saturated heterocycles.